The van der Waals surface area contributed by atoms with E-state index in [1.54, 1.807) is 0 Å². The zero-order chi connectivity index (χ0) is 14.7. The van der Waals surface area contributed by atoms with Gasteiger partial charge in [0, 0.05) is 11.1 Å². The predicted octanol–water partition coefficient (Wildman–Crippen LogP) is 2.49. The standard InChI is InChI=1S/C16H16N2O3/c19-14(20)10-21-16-12-8-4-5-9-13(12)17-15(18-16)11-6-2-1-3-7-11/h1-3,6-7H,4-5,8-10H2,(H,19,20). The van der Waals surface area contributed by atoms with Crippen LogP contribution in [0.1, 0.15) is 24.1 Å². The monoisotopic (exact) mass is 284 g/mol. The predicted molar refractivity (Wildman–Crippen MR) is 77.2 cm³/mol. The number of carbonyl (C=O) groups is 1. The van der Waals surface area contributed by atoms with Crippen LogP contribution in [0, 0.1) is 0 Å². The normalized spacial score (nSPS) is 13.5. The van der Waals surface area contributed by atoms with Gasteiger partial charge in [-0.2, -0.15) is 4.98 Å². The maximum Gasteiger partial charge on any atom is 0.341 e. The van der Waals surface area contributed by atoms with Crippen molar-refractivity contribution in [3.63, 3.8) is 0 Å². The number of aliphatic carboxylic acids is 1. The smallest absolute Gasteiger partial charge is 0.341 e. The summed E-state index contributed by atoms with van der Waals surface area (Å²) < 4.78 is 5.38. The number of benzene rings is 1. The molecule has 1 aromatic heterocycles. The molecule has 2 aromatic rings. The highest BCUT2D eigenvalue weighted by molar-refractivity contribution is 5.68. The van der Waals surface area contributed by atoms with Gasteiger partial charge in [0.05, 0.1) is 5.69 Å². The lowest BCUT2D eigenvalue weighted by atomic mass is 9.96. The summed E-state index contributed by atoms with van der Waals surface area (Å²) in [5.41, 5.74) is 2.85. The van der Waals surface area contributed by atoms with Crippen LogP contribution in [0.5, 0.6) is 5.88 Å². The third kappa shape index (κ3) is 3.02. The van der Waals surface area contributed by atoms with Crippen molar-refractivity contribution in [3.05, 3.63) is 41.6 Å². The molecule has 0 saturated carbocycles. The van der Waals surface area contributed by atoms with Crippen LogP contribution in [0.3, 0.4) is 0 Å². The van der Waals surface area contributed by atoms with Gasteiger partial charge in [0.25, 0.3) is 0 Å². The van der Waals surface area contributed by atoms with Crippen LogP contribution >= 0.6 is 0 Å². The SMILES string of the molecule is O=C(O)COc1nc(-c2ccccc2)nc2c1CCCC2. The van der Waals surface area contributed by atoms with Crippen LogP contribution in [0.2, 0.25) is 0 Å². The van der Waals surface area contributed by atoms with Gasteiger partial charge in [-0.1, -0.05) is 30.3 Å². The molecule has 0 aliphatic heterocycles. The molecule has 21 heavy (non-hydrogen) atoms. The zero-order valence-corrected chi connectivity index (χ0v) is 11.6. The van der Waals surface area contributed by atoms with Gasteiger partial charge in [0.1, 0.15) is 0 Å². The van der Waals surface area contributed by atoms with Crippen molar-refractivity contribution in [1.29, 1.82) is 0 Å². The molecule has 0 unspecified atom stereocenters. The van der Waals surface area contributed by atoms with E-state index in [0.717, 1.165) is 42.5 Å². The minimum Gasteiger partial charge on any atom is -0.479 e. The fraction of sp³-hybridized carbons (Fsp3) is 0.312. The Morgan fingerprint density at radius 3 is 2.67 bits per heavy atom. The van der Waals surface area contributed by atoms with Crippen LogP contribution in [0.4, 0.5) is 0 Å². The van der Waals surface area contributed by atoms with E-state index in [9.17, 15) is 4.79 Å². The molecule has 5 nitrogen and oxygen atoms in total. The molecule has 0 bridgehead atoms. The molecule has 0 saturated heterocycles. The first kappa shape index (κ1) is 13.5. The third-order valence-electron chi connectivity index (χ3n) is 3.51. The first-order chi connectivity index (χ1) is 10.2. The number of carboxylic acids is 1. The van der Waals surface area contributed by atoms with E-state index in [2.05, 4.69) is 9.97 Å². The number of nitrogens with zero attached hydrogens (tertiary/aromatic N) is 2. The minimum atomic E-state index is -1.00. The summed E-state index contributed by atoms with van der Waals surface area (Å²) in [5.74, 6) is 0.0111. The van der Waals surface area contributed by atoms with Crippen LogP contribution in [-0.4, -0.2) is 27.7 Å². The lowest BCUT2D eigenvalue weighted by molar-refractivity contribution is -0.139. The Bertz CT molecular complexity index is 656. The molecule has 1 heterocycles. The summed E-state index contributed by atoms with van der Waals surface area (Å²) in [5, 5.41) is 8.80. The number of carboxylic acid groups (broad SMARTS) is 1. The minimum absolute atomic E-state index is 0.377. The number of fused-ring (bicyclic) bond motifs is 1. The van der Waals surface area contributed by atoms with Crippen LogP contribution in [-0.2, 0) is 17.6 Å². The lowest BCUT2D eigenvalue weighted by Crippen LogP contribution is -2.15. The molecule has 0 spiro atoms. The number of rotatable bonds is 4. The van der Waals surface area contributed by atoms with E-state index in [4.69, 9.17) is 9.84 Å². The second-order valence-electron chi connectivity index (χ2n) is 5.03. The van der Waals surface area contributed by atoms with E-state index >= 15 is 0 Å². The maximum absolute atomic E-state index is 10.7. The average molecular weight is 284 g/mol. The van der Waals surface area contributed by atoms with Crippen molar-refractivity contribution >= 4 is 5.97 Å². The highest BCUT2D eigenvalue weighted by Crippen LogP contribution is 2.29. The highest BCUT2D eigenvalue weighted by atomic mass is 16.5. The van der Waals surface area contributed by atoms with Crippen molar-refractivity contribution in [3.8, 4) is 17.3 Å². The largest absolute Gasteiger partial charge is 0.479 e. The van der Waals surface area contributed by atoms with Crippen molar-refractivity contribution in [1.82, 2.24) is 9.97 Å². The van der Waals surface area contributed by atoms with Crippen molar-refractivity contribution < 1.29 is 14.6 Å². The van der Waals surface area contributed by atoms with E-state index in [-0.39, 0.29) is 6.61 Å². The van der Waals surface area contributed by atoms with E-state index in [1.807, 2.05) is 30.3 Å². The van der Waals surface area contributed by atoms with Gasteiger partial charge >= 0.3 is 5.97 Å². The van der Waals surface area contributed by atoms with Crippen LogP contribution < -0.4 is 4.74 Å². The molecular formula is C16H16N2O3. The third-order valence-corrected chi connectivity index (χ3v) is 3.51. The summed E-state index contributed by atoms with van der Waals surface area (Å²) in [6.45, 7) is -0.377. The Balaban J connectivity index is 2.02. The quantitative estimate of drug-likeness (QED) is 0.933. The van der Waals surface area contributed by atoms with Gasteiger partial charge in [-0.25, -0.2) is 9.78 Å². The maximum atomic E-state index is 10.7. The van der Waals surface area contributed by atoms with Crippen LogP contribution in [0.15, 0.2) is 30.3 Å². The Morgan fingerprint density at radius 1 is 1.14 bits per heavy atom. The Kier molecular flexibility index (Phi) is 3.81. The van der Waals surface area contributed by atoms with E-state index in [0.29, 0.717) is 11.7 Å². The second-order valence-corrected chi connectivity index (χ2v) is 5.03. The Labute approximate surface area is 122 Å². The molecule has 1 aliphatic rings. The van der Waals surface area contributed by atoms with Crippen molar-refractivity contribution in [2.45, 2.75) is 25.7 Å². The first-order valence-corrected chi connectivity index (χ1v) is 7.04. The van der Waals surface area contributed by atoms with Gasteiger partial charge in [0.15, 0.2) is 12.4 Å². The number of hydrogen-bond acceptors (Lipinski definition) is 4. The average Bonchev–Trinajstić information content (AvgIpc) is 2.53. The number of aryl methyl sites for hydroxylation is 1. The van der Waals surface area contributed by atoms with E-state index < -0.39 is 5.97 Å². The van der Waals surface area contributed by atoms with Gasteiger partial charge in [-0.3, -0.25) is 0 Å². The van der Waals surface area contributed by atoms with Gasteiger partial charge in [-0.15, -0.1) is 0 Å². The molecule has 1 aromatic carbocycles. The number of aromatic nitrogens is 2. The van der Waals surface area contributed by atoms with E-state index in [1.165, 1.54) is 0 Å². The molecule has 0 fully saturated rings. The molecule has 1 aliphatic carbocycles. The highest BCUT2D eigenvalue weighted by Gasteiger charge is 2.20. The van der Waals surface area contributed by atoms with Crippen molar-refractivity contribution in [2.24, 2.45) is 0 Å². The molecular weight excluding hydrogens is 268 g/mol. The zero-order valence-electron chi connectivity index (χ0n) is 11.6. The summed E-state index contributed by atoms with van der Waals surface area (Å²) >= 11 is 0. The lowest BCUT2D eigenvalue weighted by Gasteiger charge is -2.18. The molecule has 5 heteroatoms. The summed E-state index contributed by atoms with van der Waals surface area (Å²) in [6.07, 6.45) is 3.89. The van der Waals surface area contributed by atoms with Gasteiger partial charge < -0.3 is 9.84 Å². The molecule has 0 amide bonds. The molecule has 0 radical (unpaired) electrons. The summed E-state index contributed by atoms with van der Waals surface area (Å²) in [7, 11) is 0. The van der Waals surface area contributed by atoms with Gasteiger partial charge in [-0.05, 0) is 25.7 Å². The summed E-state index contributed by atoms with van der Waals surface area (Å²) in [6, 6.07) is 9.66. The molecule has 0 atom stereocenters. The van der Waals surface area contributed by atoms with Crippen LogP contribution in [0.25, 0.3) is 11.4 Å². The number of ether oxygens (including phenoxy) is 1. The summed E-state index contributed by atoms with van der Waals surface area (Å²) in [4.78, 5) is 19.8. The fourth-order valence-corrected chi connectivity index (χ4v) is 2.53. The van der Waals surface area contributed by atoms with Gasteiger partial charge in [0.2, 0.25) is 5.88 Å². The number of hydrogen-bond donors (Lipinski definition) is 1. The second kappa shape index (κ2) is 5.91. The fourth-order valence-electron chi connectivity index (χ4n) is 2.53. The Hall–Kier alpha value is -2.43. The first-order valence-electron chi connectivity index (χ1n) is 7.04. The Morgan fingerprint density at radius 2 is 1.90 bits per heavy atom. The molecule has 1 N–H and O–H groups in total. The molecule has 3 rings (SSSR count). The molecule has 108 valence electrons. The van der Waals surface area contributed by atoms with Crippen molar-refractivity contribution in [2.75, 3.05) is 6.61 Å². The topological polar surface area (TPSA) is 72.3 Å².